The van der Waals surface area contributed by atoms with Gasteiger partial charge in [-0.15, -0.1) is 0 Å². The van der Waals surface area contributed by atoms with E-state index in [1.165, 1.54) is 33.3 Å². The first-order chi connectivity index (χ1) is 15.8. The molecule has 0 saturated carbocycles. The Bertz CT molecular complexity index is 1020. The lowest BCUT2D eigenvalue weighted by Gasteiger charge is -2.16. The summed E-state index contributed by atoms with van der Waals surface area (Å²) in [6.07, 6.45) is 0. The monoisotopic (exact) mass is 497 g/mol. The largest absolute Gasteiger partial charge is 0.495 e. The highest BCUT2D eigenvalue weighted by molar-refractivity contribution is 6.35. The minimum Gasteiger partial charge on any atom is -0.495 e. The predicted molar refractivity (Wildman–Crippen MR) is 126 cm³/mol. The van der Waals surface area contributed by atoms with Crippen LogP contribution in [-0.2, 0) is 9.59 Å². The van der Waals surface area contributed by atoms with Gasteiger partial charge in [-0.1, -0.05) is 23.2 Å². The molecule has 1 atom stereocenters. The topological polar surface area (TPSA) is 108 Å². The van der Waals surface area contributed by atoms with Crippen LogP contribution in [0.2, 0.25) is 10.0 Å². The third kappa shape index (κ3) is 6.49. The van der Waals surface area contributed by atoms with Gasteiger partial charge in [0.05, 0.1) is 38.8 Å². The van der Waals surface area contributed by atoms with E-state index in [-0.39, 0.29) is 21.4 Å². The Hall–Kier alpha value is -3.04. The number of methoxy groups -OCH3 is 2. The van der Waals surface area contributed by atoms with Crippen LogP contribution < -0.4 is 24.3 Å². The molecule has 0 heterocycles. The molecule has 0 aliphatic heterocycles. The SMILES string of the molecule is CCOc1ccc(NC(=O)C(N=Nc2cc(OC)c(Cl)c(OC)c2)C(C)=O)c(Cl)c1OCC. The number of ketones is 1. The number of carbonyl (C=O) groups is 2. The van der Waals surface area contributed by atoms with E-state index in [0.29, 0.717) is 36.2 Å². The van der Waals surface area contributed by atoms with Crippen LogP contribution in [0.5, 0.6) is 23.0 Å². The summed E-state index contributed by atoms with van der Waals surface area (Å²) in [6.45, 7) is 5.61. The third-order valence-corrected chi connectivity index (χ3v) is 5.01. The first kappa shape index (κ1) is 26.2. The van der Waals surface area contributed by atoms with E-state index < -0.39 is 17.7 Å². The van der Waals surface area contributed by atoms with Gasteiger partial charge in [0, 0.05) is 12.1 Å². The Morgan fingerprint density at radius 1 is 0.970 bits per heavy atom. The van der Waals surface area contributed by atoms with Crippen molar-refractivity contribution in [1.82, 2.24) is 0 Å². The average Bonchev–Trinajstić information content (AvgIpc) is 2.78. The molecule has 0 aromatic heterocycles. The summed E-state index contributed by atoms with van der Waals surface area (Å²) in [5.74, 6) is 0.108. The summed E-state index contributed by atoms with van der Waals surface area (Å²) in [5, 5.41) is 10.9. The van der Waals surface area contributed by atoms with Gasteiger partial charge in [-0.25, -0.2) is 0 Å². The lowest BCUT2D eigenvalue weighted by Crippen LogP contribution is -2.32. The Morgan fingerprint density at radius 2 is 1.58 bits per heavy atom. The van der Waals surface area contributed by atoms with Crippen molar-refractivity contribution in [3.8, 4) is 23.0 Å². The number of carbonyl (C=O) groups excluding carboxylic acids is 2. The second-order valence-electron chi connectivity index (χ2n) is 6.50. The standard InChI is InChI=1S/C22H25Cl2N3O6/c1-6-32-15-9-8-14(18(23)21(15)33-7-2)25-22(29)20(12(3)28)27-26-13-10-16(30-4)19(24)17(11-13)31-5/h8-11,20H,6-7H2,1-5H3,(H,25,29). The van der Waals surface area contributed by atoms with Gasteiger partial charge in [0.1, 0.15) is 21.5 Å². The van der Waals surface area contributed by atoms with E-state index in [0.717, 1.165) is 0 Å². The number of nitrogens with zero attached hydrogens (tertiary/aromatic N) is 2. The van der Waals surface area contributed by atoms with Gasteiger partial charge in [0.2, 0.25) is 6.04 Å². The number of benzene rings is 2. The summed E-state index contributed by atoms with van der Waals surface area (Å²) < 4.78 is 21.4. The fourth-order valence-electron chi connectivity index (χ4n) is 2.74. The molecule has 11 heteroatoms. The maximum absolute atomic E-state index is 12.8. The van der Waals surface area contributed by atoms with Crippen LogP contribution in [0.25, 0.3) is 0 Å². The number of hydrogen-bond acceptors (Lipinski definition) is 8. The molecule has 2 rings (SSSR count). The van der Waals surface area contributed by atoms with E-state index in [4.69, 9.17) is 42.1 Å². The fourth-order valence-corrected chi connectivity index (χ4v) is 3.26. The molecular weight excluding hydrogens is 473 g/mol. The van der Waals surface area contributed by atoms with Crippen molar-refractivity contribution >= 4 is 46.3 Å². The van der Waals surface area contributed by atoms with Crippen molar-refractivity contribution in [2.75, 3.05) is 32.8 Å². The Kier molecular flexibility index (Phi) is 9.74. The van der Waals surface area contributed by atoms with Gasteiger partial charge in [-0.05, 0) is 32.9 Å². The van der Waals surface area contributed by atoms with Crippen molar-refractivity contribution in [3.05, 3.63) is 34.3 Å². The Balaban J connectivity index is 2.32. The summed E-state index contributed by atoms with van der Waals surface area (Å²) in [5.41, 5.74) is 0.523. The Morgan fingerprint density at radius 3 is 2.09 bits per heavy atom. The Labute approximate surface area is 202 Å². The molecule has 1 N–H and O–H groups in total. The normalized spacial score (nSPS) is 11.7. The number of Topliss-reactive ketones (excluding diaryl/α,β-unsaturated/α-hetero) is 1. The van der Waals surface area contributed by atoms with Gasteiger partial charge in [0.25, 0.3) is 5.91 Å². The number of nitrogens with one attached hydrogen (secondary N) is 1. The number of rotatable bonds is 11. The van der Waals surface area contributed by atoms with E-state index in [1.807, 2.05) is 6.92 Å². The molecule has 0 aliphatic rings. The van der Waals surface area contributed by atoms with Gasteiger partial charge in [0.15, 0.2) is 17.3 Å². The summed E-state index contributed by atoms with van der Waals surface area (Å²) in [7, 11) is 2.87. The van der Waals surface area contributed by atoms with Crippen LogP contribution in [0, 0.1) is 0 Å². The molecule has 2 aromatic rings. The molecule has 2 aromatic carbocycles. The minimum atomic E-state index is -1.42. The number of azo groups is 1. The number of anilines is 1. The smallest absolute Gasteiger partial charge is 0.258 e. The van der Waals surface area contributed by atoms with Gasteiger partial charge >= 0.3 is 0 Å². The minimum absolute atomic E-state index is 0.141. The average molecular weight is 498 g/mol. The van der Waals surface area contributed by atoms with Crippen LogP contribution in [0.3, 0.4) is 0 Å². The van der Waals surface area contributed by atoms with Crippen molar-refractivity contribution in [3.63, 3.8) is 0 Å². The van der Waals surface area contributed by atoms with Crippen molar-refractivity contribution < 1.29 is 28.5 Å². The molecule has 1 amide bonds. The van der Waals surface area contributed by atoms with Gasteiger partial charge in [-0.2, -0.15) is 10.2 Å². The zero-order valence-corrected chi connectivity index (χ0v) is 20.4. The first-order valence-electron chi connectivity index (χ1n) is 9.99. The molecule has 33 heavy (non-hydrogen) atoms. The molecular formula is C22H25Cl2N3O6. The summed E-state index contributed by atoms with van der Waals surface area (Å²) >= 11 is 12.6. The van der Waals surface area contributed by atoms with Gasteiger partial charge in [-0.3, -0.25) is 9.59 Å². The number of ether oxygens (including phenoxy) is 4. The van der Waals surface area contributed by atoms with Gasteiger partial charge < -0.3 is 24.3 Å². The molecule has 1 unspecified atom stereocenters. The van der Waals surface area contributed by atoms with Crippen LogP contribution >= 0.6 is 23.2 Å². The zero-order valence-electron chi connectivity index (χ0n) is 18.9. The van der Waals surface area contributed by atoms with E-state index in [1.54, 1.807) is 19.1 Å². The highest BCUT2D eigenvalue weighted by Gasteiger charge is 2.25. The number of amides is 1. The second kappa shape index (κ2) is 12.3. The van der Waals surface area contributed by atoms with Crippen molar-refractivity contribution in [2.24, 2.45) is 10.2 Å². The number of halogens is 2. The molecule has 0 aliphatic carbocycles. The quantitative estimate of drug-likeness (QED) is 0.324. The number of hydrogen-bond donors (Lipinski definition) is 1. The highest BCUT2D eigenvalue weighted by atomic mass is 35.5. The predicted octanol–water partition coefficient (Wildman–Crippen LogP) is 5.49. The van der Waals surface area contributed by atoms with Crippen LogP contribution in [0.4, 0.5) is 11.4 Å². The highest BCUT2D eigenvalue weighted by Crippen LogP contribution is 2.41. The molecule has 0 fully saturated rings. The molecule has 0 radical (unpaired) electrons. The molecule has 178 valence electrons. The van der Waals surface area contributed by atoms with Crippen molar-refractivity contribution in [2.45, 2.75) is 26.8 Å². The van der Waals surface area contributed by atoms with E-state index in [9.17, 15) is 9.59 Å². The first-order valence-corrected chi connectivity index (χ1v) is 10.7. The second-order valence-corrected chi connectivity index (χ2v) is 7.26. The molecule has 0 spiro atoms. The third-order valence-electron chi connectivity index (χ3n) is 4.26. The molecule has 0 saturated heterocycles. The zero-order chi connectivity index (χ0) is 24.5. The summed E-state index contributed by atoms with van der Waals surface area (Å²) in [4.78, 5) is 24.9. The maximum Gasteiger partial charge on any atom is 0.258 e. The fraction of sp³-hybridized carbons (Fsp3) is 0.364. The van der Waals surface area contributed by atoms with Crippen LogP contribution in [0.1, 0.15) is 20.8 Å². The van der Waals surface area contributed by atoms with Crippen molar-refractivity contribution in [1.29, 1.82) is 0 Å². The molecule has 0 bridgehead atoms. The molecule has 9 nitrogen and oxygen atoms in total. The maximum atomic E-state index is 12.8. The van der Waals surface area contributed by atoms with Crippen LogP contribution in [-0.4, -0.2) is 45.2 Å². The lowest BCUT2D eigenvalue weighted by atomic mass is 10.2. The summed E-state index contributed by atoms with van der Waals surface area (Å²) in [6, 6.07) is 4.75. The van der Waals surface area contributed by atoms with E-state index in [2.05, 4.69) is 15.5 Å². The van der Waals surface area contributed by atoms with E-state index >= 15 is 0 Å². The van der Waals surface area contributed by atoms with Crippen LogP contribution in [0.15, 0.2) is 34.5 Å². The lowest BCUT2D eigenvalue weighted by molar-refractivity contribution is -0.126.